The van der Waals surface area contributed by atoms with Gasteiger partial charge in [0.25, 0.3) is 0 Å². The fourth-order valence-electron chi connectivity index (χ4n) is 4.20. The van der Waals surface area contributed by atoms with Gasteiger partial charge in [-0.05, 0) is 68.8 Å². The Morgan fingerprint density at radius 3 is 2.63 bits per heavy atom. The summed E-state index contributed by atoms with van der Waals surface area (Å²) in [6, 6.07) is 4.12. The molecular weight excluding hydrogens is 354 g/mol. The molecule has 1 aliphatic carbocycles. The number of piperidine rings is 1. The highest BCUT2D eigenvalue weighted by Gasteiger charge is 2.26. The molecule has 144 valence electrons. The van der Waals surface area contributed by atoms with E-state index in [-0.39, 0.29) is 0 Å². The van der Waals surface area contributed by atoms with Crippen LogP contribution >= 0.6 is 11.8 Å². The monoisotopic (exact) mass is 383 g/mol. The van der Waals surface area contributed by atoms with Crippen molar-refractivity contribution in [1.82, 2.24) is 24.6 Å². The van der Waals surface area contributed by atoms with Gasteiger partial charge in [-0.1, -0.05) is 23.9 Å². The van der Waals surface area contributed by atoms with E-state index in [9.17, 15) is 0 Å². The fourth-order valence-corrected chi connectivity index (χ4v) is 5.07. The van der Waals surface area contributed by atoms with E-state index in [0.29, 0.717) is 5.92 Å². The van der Waals surface area contributed by atoms with E-state index < -0.39 is 0 Å². The van der Waals surface area contributed by atoms with Crippen molar-refractivity contribution in [3.8, 4) is 0 Å². The van der Waals surface area contributed by atoms with Gasteiger partial charge in [0.15, 0.2) is 5.16 Å². The van der Waals surface area contributed by atoms with Crippen molar-refractivity contribution in [3.05, 3.63) is 48.1 Å². The molecule has 2 aromatic heterocycles. The van der Waals surface area contributed by atoms with Crippen LogP contribution in [0.4, 0.5) is 0 Å². The van der Waals surface area contributed by atoms with E-state index >= 15 is 0 Å². The second-order valence-corrected chi connectivity index (χ2v) is 8.71. The van der Waals surface area contributed by atoms with Gasteiger partial charge in [-0.3, -0.25) is 4.98 Å². The van der Waals surface area contributed by atoms with Gasteiger partial charge in [0.05, 0.1) is 0 Å². The summed E-state index contributed by atoms with van der Waals surface area (Å²) < 4.78 is 2.21. The van der Waals surface area contributed by atoms with Crippen LogP contribution in [0.15, 0.2) is 41.8 Å². The molecule has 1 fully saturated rings. The Kier molecular flexibility index (Phi) is 6.24. The predicted octanol–water partition coefficient (Wildman–Crippen LogP) is 4.04. The second-order valence-electron chi connectivity index (χ2n) is 7.77. The average molecular weight is 384 g/mol. The maximum Gasteiger partial charge on any atom is 0.191 e. The Bertz CT molecular complexity index is 749. The summed E-state index contributed by atoms with van der Waals surface area (Å²) >= 11 is 1.75. The van der Waals surface area contributed by atoms with Gasteiger partial charge in [0.2, 0.25) is 0 Å². The van der Waals surface area contributed by atoms with Gasteiger partial charge in [-0.2, -0.15) is 0 Å². The number of nitrogens with zero attached hydrogens (tertiary/aromatic N) is 5. The Morgan fingerprint density at radius 1 is 1.07 bits per heavy atom. The Morgan fingerprint density at radius 2 is 1.89 bits per heavy atom. The first-order valence-corrected chi connectivity index (χ1v) is 11.1. The van der Waals surface area contributed by atoms with E-state index in [2.05, 4.69) is 56.0 Å². The lowest BCUT2D eigenvalue weighted by Crippen LogP contribution is -2.37. The minimum Gasteiger partial charge on any atom is -0.309 e. The number of allylic oxidation sites excluding steroid dienone is 2. The lowest BCUT2D eigenvalue weighted by molar-refractivity contribution is 0.174. The van der Waals surface area contributed by atoms with Gasteiger partial charge in [0.1, 0.15) is 5.82 Å². The third-order valence-electron chi connectivity index (χ3n) is 5.83. The first kappa shape index (κ1) is 18.7. The third kappa shape index (κ3) is 4.79. The predicted molar refractivity (Wildman–Crippen MR) is 110 cm³/mol. The normalized spacial score (nSPS) is 21.6. The number of hydrogen-bond donors (Lipinski definition) is 0. The summed E-state index contributed by atoms with van der Waals surface area (Å²) in [5.41, 5.74) is 1.27. The van der Waals surface area contributed by atoms with Crippen LogP contribution in [0.2, 0.25) is 0 Å². The zero-order valence-electron chi connectivity index (χ0n) is 16.1. The van der Waals surface area contributed by atoms with Crippen LogP contribution in [0.1, 0.15) is 49.4 Å². The largest absolute Gasteiger partial charge is 0.309 e. The average Bonchev–Trinajstić information content (AvgIpc) is 3.09. The summed E-state index contributed by atoms with van der Waals surface area (Å²) in [5, 5.41) is 10.0. The maximum absolute atomic E-state index is 4.54. The molecule has 2 aliphatic rings. The molecule has 0 N–H and O–H groups in total. The smallest absolute Gasteiger partial charge is 0.191 e. The van der Waals surface area contributed by atoms with Crippen molar-refractivity contribution < 1.29 is 0 Å². The fraction of sp³-hybridized carbons (Fsp3) is 0.571. The van der Waals surface area contributed by atoms with Crippen molar-refractivity contribution in [2.45, 2.75) is 48.9 Å². The van der Waals surface area contributed by atoms with Crippen LogP contribution < -0.4 is 0 Å². The van der Waals surface area contributed by atoms with Gasteiger partial charge >= 0.3 is 0 Å². The number of hydrogen-bond acceptors (Lipinski definition) is 5. The van der Waals surface area contributed by atoms with Crippen molar-refractivity contribution >= 4 is 11.8 Å². The molecule has 0 aromatic carbocycles. The number of likely N-dealkylation sites (tertiary alicyclic amines) is 1. The molecule has 2 aromatic rings. The molecule has 0 saturated carbocycles. The molecule has 0 radical (unpaired) electrons. The molecule has 0 bridgehead atoms. The van der Waals surface area contributed by atoms with Gasteiger partial charge in [-0.15, -0.1) is 10.2 Å². The van der Waals surface area contributed by atoms with Crippen molar-refractivity contribution in [3.63, 3.8) is 0 Å². The highest BCUT2D eigenvalue weighted by atomic mass is 32.2. The van der Waals surface area contributed by atoms with Crippen LogP contribution in [0.5, 0.6) is 0 Å². The SMILES string of the molecule is Cn1c(SCc2ccncc2)nnc1C1CCN(CC2CC=CCC2)CC1. The molecule has 1 atom stereocenters. The van der Waals surface area contributed by atoms with E-state index in [1.165, 1.54) is 57.3 Å². The van der Waals surface area contributed by atoms with Crippen molar-refractivity contribution in [2.24, 2.45) is 13.0 Å². The molecule has 1 unspecified atom stereocenters. The third-order valence-corrected chi connectivity index (χ3v) is 6.92. The van der Waals surface area contributed by atoms with Gasteiger partial charge in [-0.25, -0.2) is 0 Å². The van der Waals surface area contributed by atoms with E-state index in [0.717, 1.165) is 22.7 Å². The molecule has 3 heterocycles. The number of aromatic nitrogens is 4. The quantitative estimate of drug-likeness (QED) is 0.556. The molecule has 27 heavy (non-hydrogen) atoms. The molecule has 6 heteroatoms. The second kappa shape index (κ2) is 9.02. The zero-order chi connectivity index (χ0) is 18.5. The molecular formula is C21H29N5S. The van der Waals surface area contributed by atoms with Crippen LogP contribution in [-0.2, 0) is 12.8 Å². The van der Waals surface area contributed by atoms with Crippen molar-refractivity contribution in [1.29, 1.82) is 0 Å². The minimum atomic E-state index is 0.542. The summed E-state index contributed by atoms with van der Waals surface area (Å²) in [6.45, 7) is 3.65. The minimum absolute atomic E-state index is 0.542. The van der Waals surface area contributed by atoms with Crippen LogP contribution in [-0.4, -0.2) is 44.3 Å². The molecule has 0 spiro atoms. The Labute approximate surface area is 166 Å². The van der Waals surface area contributed by atoms with Crippen LogP contribution in [0.25, 0.3) is 0 Å². The Hall–Kier alpha value is -1.66. The van der Waals surface area contributed by atoms with Gasteiger partial charge < -0.3 is 9.47 Å². The zero-order valence-corrected chi connectivity index (χ0v) is 16.9. The lowest BCUT2D eigenvalue weighted by Gasteiger charge is -2.34. The standard InChI is InChI=1S/C21H29N5S/c1-25-20(23-24-21(25)27-16-18-7-11-22-12-8-18)19-9-13-26(14-10-19)15-17-5-3-2-4-6-17/h2-3,7-8,11-12,17,19H,4-6,9-10,13-16H2,1H3. The van der Waals surface area contributed by atoms with E-state index in [1.54, 1.807) is 11.8 Å². The van der Waals surface area contributed by atoms with Crippen molar-refractivity contribution in [2.75, 3.05) is 19.6 Å². The molecule has 1 saturated heterocycles. The number of rotatable bonds is 6. The summed E-state index contributed by atoms with van der Waals surface area (Å²) in [5.74, 6) is 3.47. The lowest BCUT2D eigenvalue weighted by atomic mass is 9.91. The first-order valence-electron chi connectivity index (χ1n) is 10.1. The summed E-state index contributed by atoms with van der Waals surface area (Å²) in [4.78, 5) is 6.74. The Balaban J connectivity index is 1.29. The maximum atomic E-state index is 4.54. The highest BCUT2D eigenvalue weighted by Crippen LogP contribution is 2.30. The number of thioether (sulfide) groups is 1. The molecule has 0 amide bonds. The molecule has 1 aliphatic heterocycles. The van der Waals surface area contributed by atoms with Gasteiger partial charge in [0, 0.05) is 37.7 Å². The summed E-state index contributed by atoms with van der Waals surface area (Å²) in [7, 11) is 2.12. The first-order chi connectivity index (χ1) is 13.3. The number of pyridine rings is 1. The molecule has 5 nitrogen and oxygen atoms in total. The van der Waals surface area contributed by atoms with Crippen LogP contribution in [0.3, 0.4) is 0 Å². The van der Waals surface area contributed by atoms with Crippen LogP contribution in [0, 0.1) is 5.92 Å². The summed E-state index contributed by atoms with van der Waals surface area (Å²) in [6.07, 6.45) is 14.7. The highest BCUT2D eigenvalue weighted by molar-refractivity contribution is 7.98. The van der Waals surface area contributed by atoms with E-state index in [1.807, 2.05) is 12.4 Å². The topological polar surface area (TPSA) is 46.8 Å². The van der Waals surface area contributed by atoms with E-state index in [4.69, 9.17) is 0 Å². The molecule has 4 rings (SSSR count).